The molecular formula is C12H14N4O4S. The smallest absolute Gasteiger partial charge is 0.337 e. The quantitative estimate of drug-likeness (QED) is 0.630. The van der Waals surface area contributed by atoms with Crippen LogP contribution in [0.1, 0.15) is 10.4 Å². The highest BCUT2D eigenvalue weighted by Gasteiger charge is 2.20. The largest absolute Gasteiger partial charge is 0.465 e. The van der Waals surface area contributed by atoms with E-state index in [-0.39, 0.29) is 22.0 Å². The van der Waals surface area contributed by atoms with Crippen LogP contribution in [0.4, 0.5) is 11.5 Å². The van der Waals surface area contributed by atoms with Crippen molar-refractivity contribution in [1.82, 2.24) is 9.78 Å². The van der Waals surface area contributed by atoms with Gasteiger partial charge in [-0.25, -0.2) is 13.2 Å². The van der Waals surface area contributed by atoms with Crippen LogP contribution < -0.4 is 10.5 Å². The van der Waals surface area contributed by atoms with Crippen molar-refractivity contribution < 1.29 is 17.9 Å². The number of hydrogen-bond donors (Lipinski definition) is 2. The molecule has 0 amide bonds. The van der Waals surface area contributed by atoms with Gasteiger partial charge in [-0.2, -0.15) is 5.10 Å². The maximum Gasteiger partial charge on any atom is 0.337 e. The number of carbonyl (C=O) groups excluding carboxylic acids is 1. The van der Waals surface area contributed by atoms with E-state index in [0.717, 1.165) is 0 Å². The van der Waals surface area contributed by atoms with Crippen molar-refractivity contribution in [2.24, 2.45) is 7.05 Å². The number of nitrogens with one attached hydrogen (secondary N) is 1. The second-order valence-electron chi connectivity index (χ2n) is 4.22. The molecule has 2 rings (SSSR count). The molecule has 112 valence electrons. The van der Waals surface area contributed by atoms with E-state index >= 15 is 0 Å². The number of aromatic nitrogens is 2. The number of rotatable bonds is 4. The average molecular weight is 310 g/mol. The third-order valence-electron chi connectivity index (χ3n) is 2.67. The van der Waals surface area contributed by atoms with Crippen LogP contribution in [-0.4, -0.2) is 31.3 Å². The third kappa shape index (κ3) is 3.14. The minimum atomic E-state index is -3.88. The first-order valence-corrected chi connectivity index (χ1v) is 7.32. The minimum Gasteiger partial charge on any atom is -0.465 e. The number of nitrogens with zero attached hydrogens (tertiary/aromatic N) is 2. The van der Waals surface area contributed by atoms with Gasteiger partial charge in [0.25, 0.3) is 10.0 Å². The lowest BCUT2D eigenvalue weighted by molar-refractivity contribution is 0.0600. The number of hydrogen-bond acceptors (Lipinski definition) is 6. The van der Waals surface area contributed by atoms with Gasteiger partial charge in [-0.15, -0.1) is 0 Å². The lowest BCUT2D eigenvalue weighted by atomic mass is 10.2. The van der Waals surface area contributed by atoms with E-state index in [1.807, 2.05) is 0 Å². The second kappa shape index (κ2) is 5.44. The first kappa shape index (κ1) is 14.9. The molecule has 9 heteroatoms. The van der Waals surface area contributed by atoms with Gasteiger partial charge in [-0.1, -0.05) is 0 Å². The number of nitrogens with two attached hydrogens (primary N) is 1. The van der Waals surface area contributed by atoms with E-state index < -0.39 is 16.0 Å². The molecule has 2 aromatic rings. The van der Waals surface area contributed by atoms with Gasteiger partial charge in [0.2, 0.25) is 0 Å². The van der Waals surface area contributed by atoms with Crippen molar-refractivity contribution in [2.75, 3.05) is 17.6 Å². The molecule has 8 nitrogen and oxygen atoms in total. The Balaban J connectivity index is 2.34. The third-order valence-corrected chi connectivity index (χ3v) is 4.10. The predicted octanol–water partition coefficient (Wildman–Crippen LogP) is 0.590. The molecule has 0 aliphatic rings. The standard InChI is InChI=1S/C12H14N4O4S/c1-16-6-5-11(14-16)15-21(18,19)10-4-3-8(7-9(10)13)12(17)20-2/h3-7H,13H2,1-2H3,(H,14,15). The molecule has 0 bridgehead atoms. The predicted molar refractivity (Wildman–Crippen MR) is 76.2 cm³/mol. The fraction of sp³-hybridized carbons (Fsp3) is 0.167. The van der Waals surface area contributed by atoms with Crippen LogP contribution in [0.2, 0.25) is 0 Å². The highest BCUT2D eigenvalue weighted by molar-refractivity contribution is 7.92. The molecule has 0 saturated carbocycles. The molecule has 0 unspecified atom stereocenters. The minimum absolute atomic E-state index is 0.0543. The van der Waals surface area contributed by atoms with Gasteiger partial charge in [0.15, 0.2) is 5.82 Å². The SMILES string of the molecule is COC(=O)c1ccc(S(=O)(=O)Nc2ccn(C)n2)c(N)c1. The highest BCUT2D eigenvalue weighted by atomic mass is 32.2. The summed E-state index contributed by atoms with van der Waals surface area (Å²) < 4.78 is 32.8. The normalized spacial score (nSPS) is 11.1. The molecule has 21 heavy (non-hydrogen) atoms. The zero-order valence-electron chi connectivity index (χ0n) is 11.4. The summed E-state index contributed by atoms with van der Waals surface area (Å²) >= 11 is 0. The number of esters is 1. The van der Waals surface area contributed by atoms with Crippen molar-refractivity contribution in [2.45, 2.75) is 4.90 Å². The van der Waals surface area contributed by atoms with Gasteiger partial charge >= 0.3 is 5.97 Å². The summed E-state index contributed by atoms with van der Waals surface area (Å²) in [6.45, 7) is 0. The Hall–Kier alpha value is -2.55. The monoisotopic (exact) mass is 310 g/mol. The van der Waals surface area contributed by atoms with Crippen LogP contribution in [0.3, 0.4) is 0 Å². The van der Waals surface area contributed by atoms with Crippen LogP contribution in [0, 0.1) is 0 Å². The Labute approximate surface area is 121 Å². The van der Waals surface area contributed by atoms with E-state index in [0.29, 0.717) is 0 Å². The summed E-state index contributed by atoms with van der Waals surface area (Å²) in [6, 6.07) is 5.33. The number of nitrogen functional groups attached to an aromatic ring is 1. The molecule has 1 aromatic carbocycles. The molecule has 0 radical (unpaired) electrons. The second-order valence-corrected chi connectivity index (χ2v) is 5.88. The lowest BCUT2D eigenvalue weighted by Crippen LogP contribution is -2.16. The molecular weight excluding hydrogens is 296 g/mol. The number of methoxy groups -OCH3 is 1. The molecule has 0 aliphatic carbocycles. The summed E-state index contributed by atoms with van der Waals surface area (Å²) in [5.41, 5.74) is 5.82. The van der Waals surface area contributed by atoms with Crippen molar-refractivity contribution in [3.05, 3.63) is 36.0 Å². The molecule has 1 heterocycles. The van der Waals surface area contributed by atoms with Crippen molar-refractivity contribution in [3.8, 4) is 0 Å². The maximum atomic E-state index is 12.2. The summed E-state index contributed by atoms with van der Waals surface area (Å²) in [5.74, 6) is -0.419. The zero-order chi connectivity index (χ0) is 15.6. The van der Waals surface area contributed by atoms with Gasteiger partial charge in [0, 0.05) is 19.3 Å². The number of ether oxygens (including phenoxy) is 1. The Kier molecular flexibility index (Phi) is 3.85. The number of aryl methyl sites for hydroxylation is 1. The van der Waals surface area contributed by atoms with E-state index in [1.165, 1.54) is 36.1 Å². The summed E-state index contributed by atoms with van der Waals surface area (Å²) in [7, 11) is -0.991. The van der Waals surface area contributed by atoms with Crippen molar-refractivity contribution >= 4 is 27.5 Å². The van der Waals surface area contributed by atoms with E-state index in [4.69, 9.17) is 5.73 Å². The van der Waals surface area contributed by atoms with Crippen LogP contribution >= 0.6 is 0 Å². The van der Waals surface area contributed by atoms with Gasteiger partial charge in [0.1, 0.15) is 4.90 Å². The maximum absolute atomic E-state index is 12.2. The number of benzene rings is 1. The Morgan fingerprint density at radius 3 is 2.62 bits per heavy atom. The van der Waals surface area contributed by atoms with E-state index in [9.17, 15) is 13.2 Å². The first-order valence-electron chi connectivity index (χ1n) is 5.84. The molecule has 0 atom stereocenters. The Bertz CT molecular complexity index is 782. The van der Waals surface area contributed by atoms with Crippen LogP contribution in [0.5, 0.6) is 0 Å². The lowest BCUT2D eigenvalue weighted by Gasteiger charge is -2.09. The summed E-state index contributed by atoms with van der Waals surface area (Å²) in [4.78, 5) is 11.2. The van der Waals surface area contributed by atoms with E-state index in [2.05, 4.69) is 14.6 Å². The Morgan fingerprint density at radius 2 is 2.10 bits per heavy atom. The van der Waals surface area contributed by atoms with Crippen LogP contribution in [0.25, 0.3) is 0 Å². The van der Waals surface area contributed by atoms with Crippen molar-refractivity contribution in [3.63, 3.8) is 0 Å². The number of sulfonamides is 1. The highest BCUT2D eigenvalue weighted by Crippen LogP contribution is 2.22. The molecule has 0 spiro atoms. The van der Waals surface area contributed by atoms with Gasteiger partial charge in [0.05, 0.1) is 18.4 Å². The Morgan fingerprint density at radius 1 is 1.38 bits per heavy atom. The molecule has 0 saturated heterocycles. The van der Waals surface area contributed by atoms with Gasteiger partial charge in [-0.3, -0.25) is 9.40 Å². The van der Waals surface area contributed by atoms with Gasteiger partial charge < -0.3 is 10.5 Å². The van der Waals surface area contributed by atoms with Crippen LogP contribution in [-0.2, 0) is 21.8 Å². The molecule has 3 N–H and O–H groups in total. The molecule has 0 aliphatic heterocycles. The van der Waals surface area contributed by atoms with Crippen LogP contribution in [0.15, 0.2) is 35.4 Å². The zero-order valence-corrected chi connectivity index (χ0v) is 12.2. The summed E-state index contributed by atoms with van der Waals surface area (Å²) in [6.07, 6.45) is 1.60. The average Bonchev–Trinajstić information content (AvgIpc) is 2.81. The number of carbonyl (C=O) groups is 1. The summed E-state index contributed by atoms with van der Waals surface area (Å²) in [5, 5.41) is 3.92. The fourth-order valence-electron chi connectivity index (χ4n) is 1.70. The molecule has 0 fully saturated rings. The number of anilines is 2. The molecule has 1 aromatic heterocycles. The van der Waals surface area contributed by atoms with Crippen molar-refractivity contribution in [1.29, 1.82) is 0 Å². The fourth-order valence-corrected chi connectivity index (χ4v) is 2.81. The van der Waals surface area contributed by atoms with Gasteiger partial charge in [-0.05, 0) is 18.2 Å². The van der Waals surface area contributed by atoms with E-state index in [1.54, 1.807) is 13.2 Å². The first-order chi connectivity index (χ1) is 9.83. The topological polar surface area (TPSA) is 116 Å².